The van der Waals surface area contributed by atoms with Gasteiger partial charge in [0.05, 0.1) is 5.92 Å². The summed E-state index contributed by atoms with van der Waals surface area (Å²) >= 11 is 0. The first-order chi connectivity index (χ1) is 12.1. The van der Waals surface area contributed by atoms with E-state index in [1.54, 1.807) is 0 Å². The quantitative estimate of drug-likeness (QED) is 0.799. The van der Waals surface area contributed by atoms with Gasteiger partial charge >= 0.3 is 0 Å². The van der Waals surface area contributed by atoms with Crippen LogP contribution >= 0.6 is 0 Å². The number of rotatable bonds is 2. The SMILES string of the molecule is O=C1CC(C(=O)N2CCCn3nnnc32)CN1c1c(F)cccc1F. The topological polar surface area (TPSA) is 84.2 Å². The van der Waals surface area contributed by atoms with E-state index >= 15 is 0 Å². The molecule has 1 unspecified atom stereocenters. The summed E-state index contributed by atoms with van der Waals surface area (Å²) in [6, 6.07) is 3.39. The van der Waals surface area contributed by atoms with Gasteiger partial charge in [0, 0.05) is 26.1 Å². The summed E-state index contributed by atoms with van der Waals surface area (Å²) in [4.78, 5) is 27.5. The fraction of sp³-hybridized carbons (Fsp3) is 0.400. The molecule has 25 heavy (non-hydrogen) atoms. The molecule has 1 fully saturated rings. The van der Waals surface area contributed by atoms with Gasteiger partial charge in [-0.3, -0.25) is 14.5 Å². The van der Waals surface area contributed by atoms with E-state index in [1.807, 2.05) is 0 Å². The van der Waals surface area contributed by atoms with Crippen molar-refractivity contribution in [3.63, 3.8) is 0 Å². The van der Waals surface area contributed by atoms with E-state index in [0.717, 1.165) is 17.0 Å². The monoisotopic (exact) mass is 348 g/mol. The van der Waals surface area contributed by atoms with E-state index in [4.69, 9.17) is 0 Å². The Kier molecular flexibility index (Phi) is 3.66. The first kappa shape index (κ1) is 15.6. The van der Waals surface area contributed by atoms with Crippen molar-refractivity contribution in [1.29, 1.82) is 0 Å². The Morgan fingerprint density at radius 1 is 1.20 bits per heavy atom. The molecule has 1 aromatic heterocycles. The first-order valence-corrected chi connectivity index (χ1v) is 7.88. The van der Waals surface area contributed by atoms with Gasteiger partial charge in [-0.25, -0.2) is 13.5 Å². The predicted molar refractivity (Wildman–Crippen MR) is 81.6 cm³/mol. The van der Waals surface area contributed by atoms with Crippen LogP contribution in [-0.4, -0.2) is 45.1 Å². The summed E-state index contributed by atoms with van der Waals surface area (Å²) in [5, 5.41) is 11.2. The zero-order valence-corrected chi connectivity index (χ0v) is 13.1. The number of hydrogen-bond acceptors (Lipinski definition) is 5. The fourth-order valence-electron chi connectivity index (χ4n) is 3.28. The van der Waals surface area contributed by atoms with Crippen LogP contribution in [0, 0.1) is 17.6 Å². The molecule has 0 aliphatic carbocycles. The minimum absolute atomic E-state index is 0.0758. The van der Waals surface area contributed by atoms with Gasteiger partial charge in [0.1, 0.15) is 17.3 Å². The highest BCUT2D eigenvalue weighted by Crippen LogP contribution is 2.31. The molecule has 1 aromatic carbocycles. The molecule has 3 heterocycles. The Morgan fingerprint density at radius 2 is 1.96 bits per heavy atom. The second kappa shape index (κ2) is 5.87. The molecule has 0 spiro atoms. The summed E-state index contributed by atoms with van der Waals surface area (Å²) < 4.78 is 29.4. The summed E-state index contributed by atoms with van der Waals surface area (Å²) in [7, 11) is 0. The number of hydrogen-bond donors (Lipinski definition) is 0. The van der Waals surface area contributed by atoms with Crippen LogP contribution in [0.5, 0.6) is 0 Å². The van der Waals surface area contributed by atoms with Crippen molar-refractivity contribution >= 4 is 23.5 Å². The average molecular weight is 348 g/mol. The van der Waals surface area contributed by atoms with Gasteiger partial charge < -0.3 is 4.90 Å². The van der Waals surface area contributed by atoms with Crippen molar-refractivity contribution < 1.29 is 18.4 Å². The largest absolute Gasteiger partial charge is 0.306 e. The van der Waals surface area contributed by atoms with E-state index < -0.39 is 29.1 Å². The molecular weight excluding hydrogens is 334 g/mol. The lowest BCUT2D eigenvalue weighted by Gasteiger charge is -2.27. The molecule has 2 aliphatic heterocycles. The van der Waals surface area contributed by atoms with E-state index in [0.29, 0.717) is 25.5 Å². The highest BCUT2D eigenvalue weighted by atomic mass is 19.1. The Morgan fingerprint density at radius 3 is 2.72 bits per heavy atom. The molecule has 2 aliphatic rings. The van der Waals surface area contributed by atoms with Gasteiger partial charge in [0.25, 0.3) is 5.95 Å². The van der Waals surface area contributed by atoms with Gasteiger partial charge in [-0.1, -0.05) is 11.2 Å². The van der Waals surface area contributed by atoms with Crippen LogP contribution in [0.4, 0.5) is 20.4 Å². The normalized spacial score (nSPS) is 20.1. The number of benzene rings is 1. The maximum absolute atomic E-state index is 14.0. The third kappa shape index (κ3) is 2.53. The molecule has 2 aromatic rings. The molecule has 0 radical (unpaired) electrons. The van der Waals surface area contributed by atoms with Gasteiger partial charge in [-0.05, 0) is 29.0 Å². The van der Waals surface area contributed by atoms with Crippen LogP contribution in [0.2, 0.25) is 0 Å². The van der Waals surface area contributed by atoms with Crippen LogP contribution in [0.3, 0.4) is 0 Å². The van der Waals surface area contributed by atoms with Crippen molar-refractivity contribution in [3.8, 4) is 0 Å². The van der Waals surface area contributed by atoms with Crippen molar-refractivity contribution in [2.45, 2.75) is 19.4 Å². The van der Waals surface area contributed by atoms with Crippen molar-refractivity contribution in [3.05, 3.63) is 29.8 Å². The van der Waals surface area contributed by atoms with Gasteiger partial charge in [-0.2, -0.15) is 0 Å². The second-order valence-electron chi connectivity index (χ2n) is 6.02. The lowest BCUT2D eigenvalue weighted by Crippen LogP contribution is -2.42. The molecule has 4 rings (SSSR count). The first-order valence-electron chi connectivity index (χ1n) is 7.88. The lowest BCUT2D eigenvalue weighted by atomic mass is 10.1. The third-order valence-corrected chi connectivity index (χ3v) is 4.45. The number of amides is 2. The minimum atomic E-state index is -0.830. The Labute approximate surface area is 141 Å². The predicted octanol–water partition coefficient (Wildman–Crippen LogP) is 0.741. The standard InChI is InChI=1S/C15H14F2N6O2/c16-10-3-1-4-11(17)13(10)22-8-9(7-12(22)24)14(25)21-5-2-6-23-15(21)18-19-20-23/h1,3-4,9H,2,5-8H2. The van der Waals surface area contributed by atoms with Gasteiger partial charge in [0.2, 0.25) is 11.8 Å². The molecule has 8 nitrogen and oxygen atoms in total. The molecule has 0 bridgehead atoms. The molecule has 10 heteroatoms. The number of halogens is 2. The van der Waals surface area contributed by atoms with Crippen molar-refractivity contribution in [1.82, 2.24) is 20.2 Å². The second-order valence-corrected chi connectivity index (χ2v) is 6.02. The van der Waals surface area contributed by atoms with E-state index in [-0.39, 0.29) is 18.9 Å². The van der Waals surface area contributed by atoms with E-state index in [2.05, 4.69) is 15.5 Å². The number of carbonyl (C=O) groups is 2. The molecule has 0 saturated carbocycles. The summed E-state index contributed by atoms with van der Waals surface area (Å²) in [6.45, 7) is 0.980. The number of para-hydroxylation sites is 1. The minimum Gasteiger partial charge on any atom is -0.306 e. The number of tetrazole rings is 1. The van der Waals surface area contributed by atoms with Crippen molar-refractivity contribution in [2.75, 3.05) is 22.9 Å². The average Bonchev–Trinajstić information content (AvgIpc) is 3.21. The third-order valence-electron chi connectivity index (χ3n) is 4.45. The molecular formula is C15H14F2N6O2. The number of aryl methyl sites for hydroxylation is 1. The zero-order valence-electron chi connectivity index (χ0n) is 13.1. The molecule has 1 atom stereocenters. The summed E-state index contributed by atoms with van der Waals surface area (Å²) in [5.41, 5.74) is -0.411. The smallest absolute Gasteiger partial charge is 0.252 e. The lowest BCUT2D eigenvalue weighted by molar-refractivity contribution is -0.124. The van der Waals surface area contributed by atoms with Crippen LogP contribution in [0.15, 0.2) is 18.2 Å². The van der Waals surface area contributed by atoms with Crippen molar-refractivity contribution in [2.24, 2.45) is 5.92 Å². The van der Waals surface area contributed by atoms with Crippen LogP contribution in [0.25, 0.3) is 0 Å². The van der Waals surface area contributed by atoms with Gasteiger partial charge in [-0.15, -0.1) is 0 Å². The number of fused-ring (bicyclic) bond motifs is 1. The number of aromatic nitrogens is 4. The Hall–Kier alpha value is -2.91. The molecule has 130 valence electrons. The number of nitrogens with zero attached hydrogens (tertiary/aromatic N) is 6. The molecule has 0 N–H and O–H groups in total. The maximum Gasteiger partial charge on any atom is 0.252 e. The van der Waals surface area contributed by atoms with E-state index in [9.17, 15) is 18.4 Å². The fourth-order valence-corrected chi connectivity index (χ4v) is 3.28. The highest BCUT2D eigenvalue weighted by molar-refractivity contribution is 6.04. The summed E-state index contributed by atoms with van der Waals surface area (Å²) in [5.74, 6) is -2.83. The Bertz CT molecular complexity index is 834. The maximum atomic E-state index is 14.0. The summed E-state index contributed by atoms with van der Waals surface area (Å²) in [6.07, 6.45) is 0.584. The van der Waals surface area contributed by atoms with Crippen LogP contribution in [-0.2, 0) is 16.1 Å². The van der Waals surface area contributed by atoms with Crippen LogP contribution < -0.4 is 9.80 Å². The Balaban J connectivity index is 1.58. The number of anilines is 2. The number of carbonyl (C=O) groups excluding carboxylic acids is 2. The molecule has 1 saturated heterocycles. The zero-order chi connectivity index (χ0) is 17.6. The van der Waals surface area contributed by atoms with E-state index in [1.165, 1.54) is 15.6 Å². The molecule has 2 amide bonds. The van der Waals surface area contributed by atoms with Crippen LogP contribution in [0.1, 0.15) is 12.8 Å². The van der Waals surface area contributed by atoms with Gasteiger partial charge in [0.15, 0.2) is 0 Å². The highest BCUT2D eigenvalue weighted by Gasteiger charge is 2.40.